The van der Waals surface area contributed by atoms with Crippen molar-refractivity contribution in [2.45, 2.75) is 45.8 Å². The lowest BCUT2D eigenvalue weighted by Gasteiger charge is -2.25. The van der Waals surface area contributed by atoms with Gasteiger partial charge in [0, 0.05) is 5.69 Å². The molecule has 0 aliphatic heterocycles. The van der Waals surface area contributed by atoms with Gasteiger partial charge in [-0.2, -0.15) is 0 Å². The molecule has 0 fully saturated rings. The number of nitrogen functional groups attached to an aromatic ring is 1. The van der Waals surface area contributed by atoms with E-state index in [1.54, 1.807) is 20.8 Å². The van der Waals surface area contributed by atoms with Crippen LogP contribution < -0.4 is 15.2 Å². The van der Waals surface area contributed by atoms with Crippen LogP contribution in [0.3, 0.4) is 0 Å². The molecule has 2 rings (SSSR count). The maximum Gasteiger partial charge on any atom is 0.349 e. The van der Waals surface area contributed by atoms with Crippen LogP contribution in [0.4, 0.5) is 5.69 Å². The Bertz CT molecular complexity index is 725. The SMILES string of the molecule is CCOC(=O)C(C)(C)Oc1cccc(C(CC)Oc2ccc(N)cc2)c1. The molecule has 2 N–H and O–H groups in total. The second kappa shape index (κ2) is 8.61. The molecule has 0 aliphatic carbocycles. The summed E-state index contributed by atoms with van der Waals surface area (Å²) in [4.78, 5) is 12.0. The minimum Gasteiger partial charge on any atom is -0.486 e. The normalized spacial score (nSPS) is 12.3. The Morgan fingerprint density at radius 1 is 1.08 bits per heavy atom. The van der Waals surface area contributed by atoms with Crippen molar-refractivity contribution < 1.29 is 19.0 Å². The van der Waals surface area contributed by atoms with Crippen molar-refractivity contribution in [3.8, 4) is 11.5 Å². The van der Waals surface area contributed by atoms with Crippen LogP contribution in [0.15, 0.2) is 48.5 Å². The molecule has 0 saturated heterocycles. The highest BCUT2D eigenvalue weighted by molar-refractivity contribution is 5.79. The molecule has 5 nitrogen and oxygen atoms in total. The van der Waals surface area contributed by atoms with Crippen molar-refractivity contribution in [2.75, 3.05) is 12.3 Å². The first-order valence-corrected chi connectivity index (χ1v) is 8.84. The number of rotatable bonds is 8. The largest absolute Gasteiger partial charge is 0.486 e. The number of carbonyl (C=O) groups is 1. The summed E-state index contributed by atoms with van der Waals surface area (Å²) in [6, 6.07) is 14.9. The van der Waals surface area contributed by atoms with E-state index in [0.717, 1.165) is 17.7 Å². The fourth-order valence-electron chi connectivity index (χ4n) is 2.52. The van der Waals surface area contributed by atoms with Crippen LogP contribution in [0.25, 0.3) is 0 Å². The number of nitrogens with two attached hydrogens (primary N) is 1. The van der Waals surface area contributed by atoms with E-state index in [1.165, 1.54) is 0 Å². The first-order valence-electron chi connectivity index (χ1n) is 8.84. The molecule has 0 heterocycles. The van der Waals surface area contributed by atoms with Crippen LogP contribution in [0.2, 0.25) is 0 Å². The molecule has 1 atom stereocenters. The second-order valence-electron chi connectivity index (χ2n) is 6.49. The zero-order chi connectivity index (χ0) is 19.2. The van der Waals surface area contributed by atoms with Crippen molar-refractivity contribution in [1.82, 2.24) is 0 Å². The number of hydrogen-bond donors (Lipinski definition) is 1. The molecule has 140 valence electrons. The van der Waals surface area contributed by atoms with Crippen LogP contribution in [0.1, 0.15) is 45.8 Å². The third-order valence-corrected chi connectivity index (χ3v) is 3.90. The van der Waals surface area contributed by atoms with Crippen molar-refractivity contribution in [3.63, 3.8) is 0 Å². The number of anilines is 1. The smallest absolute Gasteiger partial charge is 0.349 e. The number of carbonyl (C=O) groups excluding carboxylic acids is 1. The molecule has 26 heavy (non-hydrogen) atoms. The lowest BCUT2D eigenvalue weighted by atomic mass is 10.1. The molecule has 1 unspecified atom stereocenters. The summed E-state index contributed by atoms with van der Waals surface area (Å²) in [7, 11) is 0. The molecule has 5 heteroatoms. The summed E-state index contributed by atoms with van der Waals surface area (Å²) in [6.45, 7) is 7.53. The minimum absolute atomic E-state index is 0.132. The summed E-state index contributed by atoms with van der Waals surface area (Å²) in [5, 5.41) is 0. The van der Waals surface area contributed by atoms with Crippen molar-refractivity contribution >= 4 is 11.7 Å². The molecule has 2 aromatic rings. The van der Waals surface area contributed by atoms with Gasteiger partial charge in [-0.3, -0.25) is 0 Å². The van der Waals surface area contributed by atoms with E-state index in [4.69, 9.17) is 19.9 Å². The molecule has 0 radical (unpaired) electrons. The van der Waals surface area contributed by atoms with E-state index in [0.29, 0.717) is 18.0 Å². The van der Waals surface area contributed by atoms with Crippen LogP contribution in [-0.2, 0) is 9.53 Å². The van der Waals surface area contributed by atoms with E-state index < -0.39 is 11.6 Å². The molecule has 0 saturated carbocycles. The Hall–Kier alpha value is -2.69. The predicted molar refractivity (Wildman–Crippen MR) is 102 cm³/mol. The Labute approximate surface area is 155 Å². The van der Waals surface area contributed by atoms with Gasteiger partial charge in [0.15, 0.2) is 5.60 Å². The van der Waals surface area contributed by atoms with Crippen LogP contribution >= 0.6 is 0 Å². The van der Waals surface area contributed by atoms with Gasteiger partial charge in [0.05, 0.1) is 6.61 Å². The molecular formula is C21H27NO4. The molecule has 0 bridgehead atoms. The lowest BCUT2D eigenvalue weighted by molar-refractivity contribution is -0.158. The molecule has 0 amide bonds. The molecule has 0 aromatic heterocycles. The summed E-state index contributed by atoms with van der Waals surface area (Å²) >= 11 is 0. The fraction of sp³-hybridized carbons (Fsp3) is 0.381. The fourth-order valence-corrected chi connectivity index (χ4v) is 2.52. The van der Waals surface area contributed by atoms with Gasteiger partial charge in [-0.25, -0.2) is 4.79 Å². The first-order chi connectivity index (χ1) is 12.4. The summed E-state index contributed by atoms with van der Waals surface area (Å²) in [5.41, 5.74) is 6.32. The van der Waals surface area contributed by atoms with E-state index in [9.17, 15) is 4.79 Å². The maximum atomic E-state index is 12.0. The van der Waals surface area contributed by atoms with E-state index in [1.807, 2.05) is 48.5 Å². The lowest BCUT2D eigenvalue weighted by Crippen LogP contribution is -2.39. The molecular weight excluding hydrogens is 330 g/mol. The highest BCUT2D eigenvalue weighted by Gasteiger charge is 2.31. The summed E-state index contributed by atoms with van der Waals surface area (Å²) in [6.07, 6.45) is 0.655. The quantitative estimate of drug-likeness (QED) is 0.555. The third kappa shape index (κ3) is 5.15. The average molecular weight is 357 g/mol. The molecule has 0 aliphatic rings. The van der Waals surface area contributed by atoms with Gasteiger partial charge in [-0.1, -0.05) is 19.1 Å². The number of esters is 1. The number of ether oxygens (including phenoxy) is 3. The summed E-state index contributed by atoms with van der Waals surface area (Å²) in [5.74, 6) is 0.958. The van der Waals surface area contributed by atoms with Crippen molar-refractivity contribution in [2.24, 2.45) is 0 Å². The minimum atomic E-state index is -1.06. The van der Waals surface area contributed by atoms with Gasteiger partial charge in [-0.15, -0.1) is 0 Å². The van der Waals surface area contributed by atoms with Gasteiger partial charge in [0.2, 0.25) is 0 Å². The predicted octanol–water partition coefficient (Wildman–Crippen LogP) is 4.52. The molecule has 2 aromatic carbocycles. The van der Waals surface area contributed by atoms with E-state index in [-0.39, 0.29) is 6.10 Å². The average Bonchev–Trinajstić information content (AvgIpc) is 2.61. The second-order valence-corrected chi connectivity index (χ2v) is 6.49. The van der Waals surface area contributed by atoms with Crippen LogP contribution in [0.5, 0.6) is 11.5 Å². The van der Waals surface area contributed by atoms with Crippen LogP contribution in [0, 0.1) is 0 Å². The van der Waals surface area contributed by atoms with E-state index in [2.05, 4.69) is 6.92 Å². The number of benzene rings is 2. The van der Waals surface area contributed by atoms with Crippen molar-refractivity contribution in [3.05, 3.63) is 54.1 Å². The number of hydrogen-bond acceptors (Lipinski definition) is 5. The zero-order valence-corrected chi connectivity index (χ0v) is 15.8. The van der Waals surface area contributed by atoms with Gasteiger partial charge in [0.1, 0.15) is 17.6 Å². The van der Waals surface area contributed by atoms with Crippen LogP contribution in [-0.4, -0.2) is 18.2 Å². The Kier molecular flexibility index (Phi) is 6.50. The Morgan fingerprint density at radius 3 is 2.38 bits per heavy atom. The first kappa shape index (κ1) is 19.6. The monoisotopic (exact) mass is 357 g/mol. The molecule has 0 spiro atoms. The highest BCUT2D eigenvalue weighted by Crippen LogP contribution is 2.29. The van der Waals surface area contributed by atoms with Gasteiger partial charge < -0.3 is 19.9 Å². The van der Waals surface area contributed by atoms with Gasteiger partial charge in [-0.05, 0) is 69.2 Å². The van der Waals surface area contributed by atoms with Crippen molar-refractivity contribution in [1.29, 1.82) is 0 Å². The van der Waals surface area contributed by atoms with Gasteiger partial charge in [0.25, 0.3) is 0 Å². The summed E-state index contributed by atoms with van der Waals surface area (Å²) < 4.78 is 17.0. The standard InChI is InChI=1S/C21H27NO4/c1-5-19(25-17-12-10-16(22)11-13-17)15-8-7-9-18(14-15)26-21(3,4)20(23)24-6-2/h7-14,19H,5-6,22H2,1-4H3. The third-order valence-electron chi connectivity index (χ3n) is 3.90. The van der Waals surface area contributed by atoms with E-state index >= 15 is 0 Å². The Morgan fingerprint density at radius 2 is 1.77 bits per heavy atom. The topological polar surface area (TPSA) is 70.8 Å². The maximum absolute atomic E-state index is 12.0. The zero-order valence-electron chi connectivity index (χ0n) is 15.8. The highest BCUT2D eigenvalue weighted by atomic mass is 16.6. The van der Waals surface area contributed by atoms with Gasteiger partial charge >= 0.3 is 5.97 Å². The Balaban J connectivity index is 2.15.